The van der Waals surface area contributed by atoms with Gasteiger partial charge in [0.15, 0.2) is 0 Å². The van der Waals surface area contributed by atoms with Crippen molar-refractivity contribution >= 4 is 33.7 Å². The summed E-state index contributed by atoms with van der Waals surface area (Å²) in [5.41, 5.74) is 4.00. The Labute approximate surface area is 256 Å². The van der Waals surface area contributed by atoms with Gasteiger partial charge in [-0.2, -0.15) is 0 Å². The second kappa shape index (κ2) is 14.7. The standard InChI is InChI=1S/C36H51N3O4/c1-3-26-13-5-9-19-38(26)21-11-7-15-28-29(16-8-12-22-39-20-10-6-14-27(39)4-2)34-31(24-32(28)36(42)43)30-23-25(35(40)41)17-18-33(30)37-34/h17-18,23-24,26-27,37H,3-16,19-22H2,1-2H3,(H,40,41)(H,42,43)/p-2. The Bertz CT molecular complexity index is 1410. The number of carboxylic acids is 2. The molecule has 0 saturated carbocycles. The molecule has 234 valence electrons. The number of fused-ring (bicyclic) bond motifs is 3. The molecule has 5 rings (SSSR count). The molecule has 2 aliphatic rings. The van der Waals surface area contributed by atoms with Crippen LogP contribution in [0.25, 0.3) is 21.8 Å². The van der Waals surface area contributed by atoms with E-state index in [0.29, 0.717) is 23.9 Å². The van der Waals surface area contributed by atoms with Crippen molar-refractivity contribution in [2.75, 3.05) is 26.2 Å². The molecule has 2 saturated heterocycles. The summed E-state index contributed by atoms with van der Waals surface area (Å²) in [7, 11) is 0. The van der Waals surface area contributed by atoms with E-state index in [0.717, 1.165) is 72.7 Å². The number of nitrogens with one attached hydrogen (secondary N) is 1. The molecule has 0 bridgehead atoms. The van der Waals surface area contributed by atoms with Gasteiger partial charge in [-0.3, -0.25) is 0 Å². The summed E-state index contributed by atoms with van der Waals surface area (Å²) in [5.74, 6) is -2.40. The van der Waals surface area contributed by atoms with Crippen molar-refractivity contribution < 1.29 is 19.8 Å². The summed E-state index contributed by atoms with van der Waals surface area (Å²) < 4.78 is 0. The summed E-state index contributed by atoms with van der Waals surface area (Å²) in [6.07, 6.45) is 15.6. The topological polar surface area (TPSA) is 103 Å². The van der Waals surface area contributed by atoms with Crippen molar-refractivity contribution in [2.45, 2.75) is 116 Å². The number of aromatic nitrogens is 1. The number of likely N-dealkylation sites (tertiary alicyclic amines) is 2. The number of aromatic carboxylic acids is 2. The Kier molecular flexibility index (Phi) is 10.8. The zero-order valence-electron chi connectivity index (χ0n) is 26.2. The lowest BCUT2D eigenvalue weighted by Crippen LogP contribution is -2.39. The van der Waals surface area contributed by atoms with Crippen molar-refractivity contribution in [3.05, 3.63) is 46.5 Å². The number of H-pyrrole nitrogens is 1. The number of carbonyl (C=O) groups is 2. The van der Waals surface area contributed by atoms with Gasteiger partial charge in [-0.1, -0.05) is 32.8 Å². The fourth-order valence-corrected chi connectivity index (χ4v) is 7.88. The number of aryl methyl sites for hydroxylation is 1. The van der Waals surface area contributed by atoms with E-state index in [1.807, 2.05) is 0 Å². The molecule has 7 heteroatoms. The van der Waals surface area contributed by atoms with E-state index < -0.39 is 11.9 Å². The number of benzene rings is 2. The Morgan fingerprint density at radius 2 is 1.37 bits per heavy atom. The van der Waals surface area contributed by atoms with Gasteiger partial charge in [0.1, 0.15) is 0 Å². The number of rotatable bonds is 14. The molecule has 0 aliphatic carbocycles. The molecule has 2 atom stereocenters. The van der Waals surface area contributed by atoms with Gasteiger partial charge < -0.3 is 34.6 Å². The minimum atomic E-state index is -1.24. The predicted octanol–water partition coefficient (Wildman–Crippen LogP) is 5.22. The highest BCUT2D eigenvalue weighted by Crippen LogP contribution is 2.34. The number of unbranched alkanes of at least 4 members (excludes halogenated alkanes) is 2. The van der Waals surface area contributed by atoms with Crippen molar-refractivity contribution in [3.63, 3.8) is 0 Å². The highest BCUT2D eigenvalue weighted by atomic mass is 16.4. The maximum absolute atomic E-state index is 12.6. The molecule has 2 fully saturated rings. The first-order chi connectivity index (χ1) is 20.9. The van der Waals surface area contributed by atoms with E-state index in [1.165, 1.54) is 64.5 Å². The first kappa shape index (κ1) is 31.5. The quantitative estimate of drug-likeness (QED) is 0.260. The molecule has 1 aromatic heterocycles. The highest BCUT2D eigenvalue weighted by Gasteiger charge is 2.23. The van der Waals surface area contributed by atoms with Gasteiger partial charge in [-0.25, -0.2) is 0 Å². The highest BCUT2D eigenvalue weighted by molar-refractivity contribution is 6.12. The van der Waals surface area contributed by atoms with Gasteiger partial charge in [-0.05, 0) is 138 Å². The van der Waals surface area contributed by atoms with Crippen LogP contribution in [0, 0.1) is 0 Å². The SMILES string of the molecule is CCC1CCCCN1CCCCc1c(C(=O)[O-])cc2c([nH]c3ccc(C(=O)[O-])cc32)c1CCCCN1CCCCC1CC. The second-order valence-electron chi connectivity index (χ2n) is 12.9. The van der Waals surface area contributed by atoms with Gasteiger partial charge in [0, 0.05) is 33.9 Å². The Morgan fingerprint density at radius 1 is 0.767 bits per heavy atom. The second-order valence-corrected chi connectivity index (χ2v) is 12.9. The van der Waals surface area contributed by atoms with Crippen LogP contribution in [0.5, 0.6) is 0 Å². The van der Waals surface area contributed by atoms with Gasteiger partial charge >= 0.3 is 0 Å². The average Bonchev–Trinajstić information content (AvgIpc) is 3.39. The largest absolute Gasteiger partial charge is 0.545 e. The average molecular weight is 588 g/mol. The molecular formula is C36H49N3O4-2. The van der Waals surface area contributed by atoms with Crippen LogP contribution in [0.3, 0.4) is 0 Å². The molecule has 1 N–H and O–H groups in total. The van der Waals surface area contributed by atoms with E-state index in [4.69, 9.17) is 0 Å². The van der Waals surface area contributed by atoms with Gasteiger partial charge in [0.25, 0.3) is 0 Å². The molecule has 3 aromatic rings. The smallest absolute Gasteiger partial charge is 0.0718 e. The molecule has 0 radical (unpaired) electrons. The van der Waals surface area contributed by atoms with Gasteiger partial charge in [-0.15, -0.1) is 0 Å². The lowest BCUT2D eigenvalue weighted by atomic mass is 9.90. The van der Waals surface area contributed by atoms with Crippen LogP contribution in [0.15, 0.2) is 24.3 Å². The van der Waals surface area contributed by atoms with Gasteiger partial charge in [0.05, 0.1) is 17.5 Å². The van der Waals surface area contributed by atoms with Gasteiger partial charge in [0.2, 0.25) is 0 Å². The van der Waals surface area contributed by atoms with Crippen LogP contribution in [-0.2, 0) is 12.8 Å². The Morgan fingerprint density at radius 3 is 1.93 bits per heavy atom. The fourth-order valence-electron chi connectivity index (χ4n) is 7.88. The summed E-state index contributed by atoms with van der Waals surface area (Å²) >= 11 is 0. The van der Waals surface area contributed by atoms with Crippen LogP contribution in [0.1, 0.15) is 123 Å². The molecule has 2 unspecified atom stereocenters. The first-order valence-corrected chi connectivity index (χ1v) is 16.9. The minimum absolute atomic E-state index is 0.0872. The van der Waals surface area contributed by atoms with Crippen LogP contribution >= 0.6 is 0 Å². The zero-order chi connectivity index (χ0) is 30.3. The summed E-state index contributed by atoms with van der Waals surface area (Å²) in [6.45, 7) is 9.04. The Balaban J connectivity index is 1.41. The molecule has 2 aliphatic heterocycles. The molecule has 0 spiro atoms. The third kappa shape index (κ3) is 7.26. The molecule has 2 aromatic carbocycles. The molecule has 7 nitrogen and oxygen atoms in total. The monoisotopic (exact) mass is 587 g/mol. The normalized spacial score (nSPS) is 20.2. The summed E-state index contributed by atoms with van der Waals surface area (Å²) in [6, 6.07) is 7.95. The molecule has 43 heavy (non-hydrogen) atoms. The number of carboxylic acid groups (broad SMARTS) is 2. The lowest BCUT2D eigenvalue weighted by molar-refractivity contribution is -0.256. The van der Waals surface area contributed by atoms with Crippen LogP contribution in [-0.4, -0.2) is 65.0 Å². The number of carbonyl (C=O) groups excluding carboxylic acids is 2. The zero-order valence-corrected chi connectivity index (χ0v) is 26.2. The van der Waals surface area contributed by atoms with Crippen molar-refractivity contribution in [2.24, 2.45) is 0 Å². The molecule has 3 heterocycles. The maximum atomic E-state index is 12.6. The van der Waals surface area contributed by atoms with E-state index in [9.17, 15) is 19.8 Å². The maximum Gasteiger partial charge on any atom is 0.0718 e. The van der Waals surface area contributed by atoms with E-state index in [1.54, 1.807) is 24.3 Å². The summed E-state index contributed by atoms with van der Waals surface area (Å²) in [5, 5.41) is 25.7. The van der Waals surface area contributed by atoms with E-state index in [-0.39, 0.29) is 11.1 Å². The number of aromatic amines is 1. The van der Waals surface area contributed by atoms with Crippen molar-refractivity contribution in [3.8, 4) is 0 Å². The van der Waals surface area contributed by atoms with Crippen molar-refractivity contribution in [1.82, 2.24) is 14.8 Å². The molecule has 0 amide bonds. The number of piperidine rings is 2. The third-order valence-corrected chi connectivity index (χ3v) is 10.3. The minimum Gasteiger partial charge on any atom is -0.545 e. The van der Waals surface area contributed by atoms with E-state index >= 15 is 0 Å². The number of hydrogen-bond donors (Lipinski definition) is 1. The fraction of sp³-hybridized carbons (Fsp3) is 0.611. The third-order valence-electron chi connectivity index (χ3n) is 10.3. The number of nitrogens with zero attached hydrogens (tertiary/aromatic N) is 2. The molecular weight excluding hydrogens is 538 g/mol. The predicted molar refractivity (Wildman–Crippen MR) is 169 cm³/mol. The Hall–Kier alpha value is -2.90. The van der Waals surface area contributed by atoms with E-state index in [2.05, 4.69) is 28.6 Å². The number of hydrogen-bond acceptors (Lipinski definition) is 6. The van der Waals surface area contributed by atoms with Crippen molar-refractivity contribution in [1.29, 1.82) is 0 Å². The first-order valence-electron chi connectivity index (χ1n) is 16.9. The lowest BCUT2D eigenvalue weighted by Gasteiger charge is -2.35. The van der Waals surface area contributed by atoms with Crippen LogP contribution in [0.4, 0.5) is 0 Å². The van der Waals surface area contributed by atoms with Crippen LogP contribution in [0.2, 0.25) is 0 Å². The summed E-state index contributed by atoms with van der Waals surface area (Å²) in [4.78, 5) is 33.0. The van der Waals surface area contributed by atoms with Crippen LogP contribution < -0.4 is 10.2 Å².